The molecule has 11 heteroatoms. The number of aromatic nitrogens is 1. The quantitative estimate of drug-likeness (QED) is 0.310. The Morgan fingerprint density at radius 2 is 1.94 bits per heavy atom. The van der Waals surface area contributed by atoms with Crippen molar-refractivity contribution in [2.75, 3.05) is 0 Å². The number of nitro groups is 1. The lowest BCUT2D eigenvalue weighted by Gasteiger charge is -2.20. The van der Waals surface area contributed by atoms with Crippen molar-refractivity contribution in [1.29, 1.82) is 5.41 Å². The highest BCUT2D eigenvalue weighted by molar-refractivity contribution is 8.26. The van der Waals surface area contributed by atoms with Gasteiger partial charge in [-0.2, -0.15) is 15.1 Å². The minimum atomic E-state index is -0.555. The Labute approximate surface area is 202 Å². The van der Waals surface area contributed by atoms with Gasteiger partial charge in [0.25, 0.3) is 11.6 Å². The molecule has 1 amide bonds. The first-order valence-corrected chi connectivity index (χ1v) is 11.2. The van der Waals surface area contributed by atoms with Gasteiger partial charge >= 0.3 is 0 Å². The number of hydrogen-bond acceptors (Lipinski definition) is 6. The molecule has 168 valence electrons. The number of amides is 1. The lowest BCUT2D eigenvalue weighted by Crippen LogP contribution is -2.35. The summed E-state index contributed by atoms with van der Waals surface area (Å²) < 4.78 is 1.67. The summed E-state index contributed by atoms with van der Waals surface area (Å²) in [7, 11) is 0. The molecule has 0 spiro atoms. The van der Waals surface area contributed by atoms with Crippen LogP contribution >= 0.6 is 23.4 Å². The molecule has 34 heavy (non-hydrogen) atoms. The van der Waals surface area contributed by atoms with Gasteiger partial charge in [-0.25, -0.2) is 0 Å². The number of nitrogens with one attached hydrogen (secondary N) is 1. The number of hydrazone groups is 1. The third kappa shape index (κ3) is 4.04. The van der Waals surface area contributed by atoms with Crippen LogP contribution in [-0.4, -0.2) is 36.5 Å². The second-order valence-electron chi connectivity index (χ2n) is 7.37. The van der Waals surface area contributed by atoms with Gasteiger partial charge in [-0.3, -0.25) is 20.3 Å². The number of carbonyl (C=O) groups is 1. The molecular formula is C23H15ClN6O3S. The predicted octanol–water partition coefficient (Wildman–Crippen LogP) is 4.90. The third-order valence-corrected chi connectivity index (χ3v) is 6.40. The topological polar surface area (TPSA) is 117 Å². The van der Waals surface area contributed by atoms with E-state index < -0.39 is 10.8 Å². The number of rotatable bonds is 5. The van der Waals surface area contributed by atoms with Gasteiger partial charge in [-0.05, 0) is 47.7 Å². The Hall–Kier alpha value is -4.02. The second-order valence-corrected chi connectivity index (χ2v) is 8.82. The summed E-state index contributed by atoms with van der Waals surface area (Å²) in [4.78, 5) is 27.6. The number of nitro benzene ring substituents is 1. The Kier molecular flexibility index (Phi) is 5.60. The van der Waals surface area contributed by atoms with Crippen molar-refractivity contribution in [2.45, 2.75) is 6.42 Å². The van der Waals surface area contributed by atoms with Gasteiger partial charge in [0.1, 0.15) is 10.1 Å². The van der Waals surface area contributed by atoms with Crippen molar-refractivity contribution in [1.82, 2.24) is 9.58 Å². The van der Waals surface area contributed by atoms with E-state index >= 15 is 0 Å². The Morgan fingerprint density at radius 3 is 2.71 bits per heavy atom. The summed E-state index contributed by atoms with van der Waals surface area (Å²) >= 11 is 7.20. The van der Waals surface area contributed by atoms with Crippen LogP contribution in [0.2, 0.25) is 5.02 Å². The lowest BCUT2D eigenvalue weighted by atomic mass is 10.1. The zero-order valence-corrected chi connectivity index (χ0v) is 19.0. The van der Waals surface area contributed by atoms with E-state index in [0.717, 1.165) is 10.6 Å². The average molecular weight is 491 g/mol. The van der Waals surface area contributed by atoms with Crippen LogP contribution in [0.25, 0.3) is 11.8 Å². The minimum Gasteiger partial charge on any atom is -0.317 e. The number of hydrogen-bond donors (Lipinski definition) is 1. The first kappa shape index (κ1) is 21.8. The Balaban J connectivity index is 1.46. The standard InChI is InChI=1S/C23H15ClN6O3S/c24-18-9-8-16(13-19(18)30(32)33)28-10-4-7-15(28)12-17-21(25)29-23(26-22(17)31)34-20(27-29)11-14-5-2-1-3-6-14/h1-10,12-13,25H,11H2/b17-12+,25-21?. The molecule has 2 aliphatic heterocycles. The summed E-state index contributed by atoms with van der Waals surface area (Å²) in [6.45, 7) is 0. The van der Waals surface area contributed by atoms with Gasteiger partial charge in [0.05, 0.1) is 16.2 Å². The summed E-state index contributed by atoms with van der Waals surface area (Å²) in [5, 5.41) is 26.8. The number of carbonyl (C=O) groups excluding carboxylic acids is 1. The van der Waals surface area contributed by atoms with E-state index in [1.807, 2.05) is 30.3 Å². The molecule has 1 N–H and O–H groups in total. The molecule has 0 unspecified atom stereocenters. The largest absolute Gasteiger partial charge is 0.317 e. The smallest absolute Gasteiger partial charge is 0.289 e. The van der Waals surface area contributed by atoms with Crippen LogP contribution in [0.5, 0.6) is 0 Å². The van der Waals surface area contributed by atoms with Crippen molar-refractivity contribution < 1.29 is 9.72 Å². The summed E-state index contributed by atoms with van der Waals surface area (Å²) in [6, 6.07) is 17.7. The number of thioether (sulfide) groups is 1. The molecule has 3 heterocycles. The lowest BCUT2D eigenvalue weighted by molar-refractivity contribution is -0.384. The molecule has 0 bridgehead atoms. The maximum absolute atomic E-state index is 12.8. The van der Waals surface area contributed by atoms with Crippen molar-refractivity contribution in [3.05, 3.63) is 98.8 Å². The second kappa shape index (κ2) is 8.73. The van der Waals surface area contributed by atoms with Gasteiger partial charge in [0, 0.05) is 24.4 Å². The first-order chi connectivity index (χ1) is 16.4. The fraction of sp³-hybridized carbons (Fsp3) is 0.0435. The van der Waals surface area contributed by atoms with Gasteiger partial charge in [-0.15, -0.1) is 0 Å². The molecule has 0 atom stereocenters. The van der Waals surface area contributed by atoms with Crippen LogP contribution in [0.3, 0.4) is 0 Å². The summed E-state index contributed by atoms with van der Waals surface area (Å²) in [5.41, 5.74) is 1.95. The maximum atomic E-state index is 12.8. The van der Waals surface area contributed by atoms with Crippen molar-refractivity contribution >= 4 is 57.1 Å². The average Bonchev–Trinajstić information content (AvgIpc) is 3.44. The molecular weight excluding hydrogens is 476 g/mol. The van der Waals surface area contributed by atoms with Crippen molar-refractivity contribution in [3.63, 3.8) is 0 Å². The first-order valence-electron chi connectivity index (χ1n) is 10.1. The third-order valence-electron chi connectivity index (χ3n) is 5.17. The van der Waals surface area contributed by atoms with Crippen LogP contribution < -0.4 is 0 Å². The van der Waals surface area contributed by atoms with Gasteiger partial charge in [-0.1, -0.05) is 41.9 Å². The molecule has 3 aromatic rings. The number of aliphatic imine (C=N–C) groups is 1. The van der Waals surface area contributed by atoms with E-state index in [-0.39, 0.29) is 22.1 Å². The molecule has 0 saturated carbocycles. The number of benzene rings is 2. The molecule has 0 radical (unpaired) electrons. The number of nitrogens with zero attached hydrogens (tertiary/aromatic N) is 5. The van der Waals surface area contributed by atoms with Crippen molar-refractivity contribution in [3.8, 4) is 5.69 Å². The monoisotopic (exact) mass is 490 g/mol. The summed E-state index contributed by atoms with van der Waals surface area (Å²) in [5.74, 6) is -0.629. The number of fused-ring (bicyclic) bond motifs is 1. The van der Waals surface area contributed by atoms with Crippen LogP contribution in [-0.2, 0) is 11.2 Å². The van der Waals surface area contributed by atoms with Crippen LogP contribution in [0.4, 0.5) is 5.69 Å². The minimum absolute atomic E-state index is 0.0302. The fourth-order valence-corrected chi connectivity index (χ4v) is 4.66. The highest BCUT2D eigenvalue weighted by atomic mass is 35.5. The highest BCUT2D eigenvalue weighted by Crippen LogP contribution is 2.31. The number of amidine groups is 2. The fourth-order valence-electron chi connectivity index (χ4n) is 3.56. The van der Waals surface area contributed by atoms with Crippen LogP contribution in [0.15, 0.2) is 82.5 Å². The molecule has 0 saturated heterocycles. The van der Waals surface area contributed by atoms with E-state index in [4.69, 9.17) is 17.0 Å². The van der Waals surface area contributed by atoms with Crippen LogP contribution in [0.1, 0.15) is 11.3 Å². The molecule has 1 aromatic heterocycles. The molecule has 5 rings (SSSR count). The zero-order chi connectivity index (χ0) is 23.8. The molecule has 2 aliphatic rings. The maximum Gasteiger partial charge on any atom is 0.289 e. The number of halogens is 1. The normalized spacial score (nSPS) is 16.5. The van der Waals surface area contributed by atoms with E-state index in [1.165, 1.54) is 35.0 Å². The molecule has 0 aliphatic carbocycles. The van der Waals surface area contributed by atoms with E-state index in [9.17, 15) is 14.9 Å². The van der Waals surface area contributed by atoms with Gasteiger partial charge in [0.2, 0.25) is 5.17 Å². The van der Waals surface area contributed by atoms with Crippen LogP contribution in [0, 0.1) is 15.5 Å². The van der Waals surface area contributed by atoms with Crippen molar-refractivity contribution in [2.24, 2.45) is 10.1 Å². The van der Waals surface area contributed by atoms with Gasteiger partial charge < -0.3 is 4.57 Å². The molecule has 0 fully saturated rings. The zero-order valence-electron chi connectivity index (χ0n) is 17.4. The molecule has 2 aromatic carbocycles. The Morgan fingerprint density at radius 1 is 1.15 bits per heavy atom. The van der Waals surface area contributed by atoms with E-state index in [1.54, 1.807) is 29.0 Å². The van der Waals surface area contributed by atoms with E-state index in [2.05, 4.69) is 10.1 Å². The summed E-state index contributed by atoms with van der Waals surface area (Å²) in [6.07, 6.45) is 3.80. The highest BCUT2D eigenvalue weighted by Gasteiger charge is 2.35. The van der Waals surface area contributed by atoms with E-state index in [0.29, 0.717) is 23.0 Å². The Bertz CT molecular complexity index is 1440. The molecule has 9 nitrogen and oxygen atoms in total. The SMILES string of the molecule is N=C1/C(=C\c2cccn2-c2ccc(Cl)c([N+](=O)[O-])c2)C(=O)N=C2SC(Cc3ccccc3)=NN12. The predicted molar refractivity (Wildman–Crippen MR) is 133 cm³/mol. The van der Waals surface area contributed by atoms with Gasteiger partial charge in [0.15, 0.2) is 5.84 Å².